The fraction of sp³-hybridized carbons (Fsp3) is 0.533. The van der Waals surface area contributed by atoms with E-state index in [-0.39, 0.29) is 0 Å². The van der Waals surface area contributed by atoms with Gasteiger partial charge in [-0.25, -0.2) is 4.98 Å². The number of rotatable bonds is 5. The van der Waals surface area contributed by atoms with Gasteiger partial charge in [0.2, 0.25) is 0 Å². The molecule has 1 saturated carbocycles. The molecule has 1 unspecified atom stereocenters. The van der Waals surface area contributed by atoms with Crippen LogP contribution in [0.4, 0.5) is 0 Å². The normalized spacial score (nSPS) is 17.1. The number of hydrogen-bond donors (Lipinski definition) is 0. The van der Waals surface area contributed by atoms with Crippen LogP contribution in [0.5, 0.6) is 0 Å². The summed E-state index contributed by atoms with van der Waals surface area (Å²) in [4.78, 5) is 7.04. The van der Waals surface area contributed by atoms with Crippen LogP contribution in [-0.2, 0) is 12.4 Å². The number of halogens is 2. The number of alkyl halides is 1. The van der Waals surface area contributed by atoms with Crippen LogP contribution in [0.25, 0.3) is 11.0 Å². The van der Waals surface area contributed by atoms with E-state index in [1.54, 1.807) is 0 Å². The lowest BCUT2D eigenvalue weighted by atomic mass is 10.2. The largest absolute Gasteiger partial charge is 0.325 e. The summed E-state index contributed by atoms with van der Waals surface area (Å²) in [7, 11) is 2.20. The van der Waals surface area contributed by atoms with Gasteiger partial charge in [0.25, 0.3) is 0 Å². The van der Waals surface area contributed by atoms with Crippen LogP contribution in [0.15, 0.2) is 18.2 Å². The summed E-state index contributed by atoms with van der Waals surface area (Å²) in [6.45, 7) is 3.15. The molecule has 1 aromatic heterocycles. The predicted molar refractivity (Wildman–Crippen MR) is 84.5 cm³/mol. The summed E-state index contributed by atoms with van der Waals surface area (Å²) in [5.74, 6) is 1.30. The van der Waals surface area contributed by atoms with Gasteiger partial charge in [0.05, 0.1) is 16.4 Å². The van der Waals surface area contributed by atoms with Crippen molar-refractivity contribution in [2.45, 2.75) is 44.3 Å². The average molecular weight is 312 g/mol. The Hall–Kier alpha value is -0.770. The number of nitrogens with zero attached hydrogens (tertiary/aromatic N) is 3. The number of fused-ring (bicyclic) bond motifs is 1. The van der Waals surface area contributed by atoms with E-state index in [4.69, 9.17) is 23.2 Å². The molecule has 0 aliphatic heterocycles. The van der Waals surface area contributed by atoms with Gasteiger partial charge in [-0.15, -0.1) is 11.6 Å². The van der Waals surface area contributed by atoms with E-state index in [0.29, 0.717) is 16.9 Å². The topological polar surface area (TPSA) is 21.1 Å². The number of hydrogen-bond acceptors (Lipinski definition) is 2. The zero-order valence-corrected chi connectivity index (χ0v) is 13.3. The zero-order chi connectivity index (χ0) is 14.3. The molecule has 0 bridgehead atoms. The van der Waals surface area contributed by atoms with Crippen molar-refractivity contribution in [3.63, 3.8) is 0 Å². The maximum atomic E-state index is 6.23. The van der Waals surface area contributed by atoms with Crippen molar-refractivity contribution in [2.24, 2.45) is 0 Å². The minimum Gasteiger partial charge on any atom is -0.325 e. The summed E-state index contributed by atoms with van der Waals surface area (Å²) in [6.07, 6.45) is 2.64. The van der Waals surface area contributed by atoms with Gasteiger partial charge < -0.3 is 4.57 Å². The smallest absolute Gasteiger partial charge is 0.124 e. The molecule has 1 aromatic carbocycles. The second-order valence-electron chi connectivity index (χ2n) is 5.63. The van der Waals surface area contributed by atoms with Gasteiger partial charge in [0.1, 0.15) is 11.3 Å². The first-order chi connectivity index (χ1) is 9.61. The Labute approximate surface area is 129 Å². The number of benzene rings is 1. The van der Waals surface area contributed by atoms with Gasteiger partial charge in [-0.05, 0) is 38.9 Å². The fourth-order valence-electron chi connectivity index (χ4n) is 2.70. The van der Waals surface area contributed by atoms with Crippen LogP contribution in [0.2, 0.25) is 5.02 Å². The molecule has 0 radical (unpaired) electrons. The van der Waals surface area contributed by atoms with E-state index in [9.17, 15) is 0 Å². The number of aromatic nitrogens is 2. The van der Waals surface area contributed by atoms with Crippen molar-refractivity contribution in [2.75, 3.05) is 7.05 Å². The first kappa shape index (κ1) is 14.2. The summed E-state index contributed by atoms with van der Waals surface area (Å²) in [5, 5.41) is 0.691. The SMILES string of the molecule is CC(Cn1c(CCl)nc2c(Cl)cccc21)N(C)C1CC1. The molecule has 0 spiro atoms. The molecule has 1 aliphatic rings. The molecule has 1 heterocycles. The van der Waals surface area contributed by atoms with Gasteiger partial charge in [0, 0.05) is 18.6 Å². The first-order valence-corrected chi connectivity index (χ1v) is 7.94. The molecule has 1 aliphatic carbocycles. The van der Waals surface area contributed by atoms with Gasteiger partial charge in [-0.3, -0.25) is 4.90 Å². The second-order valence-corrected chi connectivity index (χ2v) is 6.30. The molecule has 0 N–H and O–H groups in total. The van der Waals surface area contributed by atoms with Crippen LogP contribution in [-0.4, -0.2) is 33.6 Å². The van der Waals surface area contributed by atoms with Crippen LogP contribution in [0.1, 0.15) is 25.6 Å². The van der Waals surface area contributed by atoms with E-state index in [1.165, 1.54) is 12.8 Å². The van der Waals surface area contributed by atoms with Crippen LogP contribution in [0.3, 0.4) is 0 Å². The van der Waals surface area contributed by atoms with Crippen LogP contribution < -0.4 is 0 Å². The summed E-state index contributed by atoms with van der Waals surface area (Å²) < 4.78 is 2.21. The molecule has 108 valence electrons. The van der Waals surface area contributed by atoms with E-state index >= 15 is 0 Å². The molecule has 3 rings (SSSR count). The Morgan fingerprint density at radius 3 is 2.85 bits per heavy atom. The number of para-hydroxylation sites is 1. The highest BCUT2D eigenvalue weighted by Crippen LogP contribution is 2.29. The summed E-state index contributed by atoms with van der Waals surface area (Å²) in [6, 6.07) is 7.12. The molecule has 20 heavy (non-hydrogen) atoms. The molecule has 2 aromatic rings. The van der Waals surface area contributed by atoms with E-state index in [1.807, 2.05) is 12.1 Å². The zero-order valence-electron chi connectivity index (χ0n) is 11.8. The number of likely N-dealkylation sites (N-methyl/N-ethyl adjacent to an activating group) is 1. The lowest BCUT2D eigenvalue weighted by Gasteiger charge is -2.25. The maximum Gasteiger partial charge on any atom is 0.124 e. The molecular formula is C15H19Cl2N3. The molecule has 1 fully saturated rings. The third-order valence-electron chi connectivity index (χ3n) is 4.19. The molecule has 3 nitrogen and oxygen atoms in total. The van der Waals surface area contributed by atoms with Crippen molar-refractivity contribution < 1.29 is 0 Å². The minimum absolute atomic E-state index is 0.408. The van der Waals surface area contributed by atoms with Crippen molar-refractivity contribution in [3.05, 3.63) is 29.0 Å². The Morgan fingerprint density at radius 1 is 1.45 bits per heavy atom. The van der Waals surface area contributed by atoms with Crippen LogP contribution in [0, 0.1) is 0 Å². The fourth-order valence-corrected chi connectivity index (χ4v) is 3.12. The van der Waals surface area contributed by atoms with Crippen LogP contribution >= 0.6 is 23.2 Å². The lowest BCUT2D eigenvalue weighted by Crippen LogP contribution is -2.34. The molecule has 1 atom stereocenters. The van der Waals surface area contributed by atoms with Crippen molar-refractivity contribution in [3.8, 4) is 0 Å². The standard InChI is InChI=1S/C15H19Cl2N3/c1-10(19(2)11-6-7-11)9-20-13-5-3-4-12(17)15(13)18-14(20)8-16/h3-5,10-11H,6-9H2,1-2H3. The lowest BCUT2D eigenvalue weighted by molar-refractivity contribution is 0.226. The third-order valence-corrected chi connectivity index (χ3v) is 4.74. The predicted octanol–water partition coefficient (Wildman–Crippen LogP) is 3.91. The van der Waals surface area contributed by atoms with Gasteiger partial charge in [-0.2, -0.15) is 0 Å². The van der Waals surface area contributed by atoms with E-state index < -0.39 is 0 Å². The third kappa shape index (κ3) is 2.54. The average Bonchev–Trinajstić information content (AvgIpc) is 3.22. The molecule has 0 saturated heterocycles. The first-order valence-electron chi connectivity index (χ1n) is 7.03. The Balaban J connectivity index is 1.94. The summed E-state index contributed by atoms with van der Waals surface area (Å²) in [5.41, 5.74) is 1.93. The maximum absolute atomic E-state index is 6.23. The Bertz CT molecular complexity index is 619. The Morgan fingerprint density at radius 2 is 2.20 bits per heavy atom. The van der Waals surface area contributed by atoms with Gasteiger partial charge >= 0.3 is 0 Å². The number of imidazole rings is 1. The van der Waals surface area contributed by atoms with Crippen molar-refractivity contribution in [1.29, 1.82) is 0 Å². The van der Waals surface area contributed by atoms with Gasteiger partial charge in [0.15, 0.2) is 0 Å². The summed E-state index contributed by atoms with van der Waals surface area (Å²) >= 11 is 12.3. The molecular weight excluding hydrogens is 293 g/mol. The Kier molecular flexibility index (Phi) is 3.93. The van der Waals surface area contributed by atoms with E-state index in [0.717, 1.165) is 29.4 Å². The highest BCUT2D eigenvalue weighted by molar-refractivity contribution is 6.35. The van der Waals surface area contributed by atoms with Gasteiger partial charge in [-0.1, -0.05) is 17.7 Å². The second kappa shape index (κ2) is 5.55. The molecule has 0 amide bonds. The van der Waals surface area contributed by atoms with Crippen molar-refractivity contribution in [1.82, 2.24) is 14.5 Å². The highest BCUT2D eigenvalue weighted by Gasteiger charge is 2.29. The minimum atomic E-state index is 0.408. The monoisotopic (exact) mass is 311 g/mol. The van der Waals surface area contributed by atoms with E-state index in [2.05, 4.69) is 34.5 Å². The highest BCUT2D eigenvalue weighted by atomic mass is 35.5. The molecule has 5 heteroatoms. The quantitative estimate of drug-likeness (QED) is 0.781. The van der Waals surface area contributed by atoms with Crippen molar-refractivity contribution >= 4 is 34.2 Å².